The van der Waals surface area contributed by atoms with Crippen LogP contribution in [0.15, 0.2) is 54.2 Å². The zero-order chi connectivity index (χ0) is 18.7. The number of hydrogen-bond acceptors (Lipinski definition) is 5. The zero-order valence-electron chi connectivity index (χ0n) is 14.7. The van der Waals surface area contributed by atoms with E-state index in [1.807, 2.05) is 6.92 Å². The third kappa shape index (κ3) is 3.06. The van der Waals surface area contributed by atoms with Gasteiger partial charge >= 0.3 is 0 Å². The molecule has 6 nitrogen and oxygen atoms in total. The number of likely N-dealkylation sites (tertiary alicyclic amines) is 1. The number of Topliss-reactive ketones (excluding diaryl/α,β-unsaturated/α-hetero) is 1. The van der Waals surface area contributed by atoms with Crippen LogP contribution in [0.4, 0.5) is 0 Å². The van der Waals surface area contributed by atoms with Gasteiger partial charge in [-0.2, -0.15) is 0 Å². The number of rotatable bonds is 5. The van der Waals surface area contributed by atoms with Crippen LogP contribution in [0.1, 0.15) is 30.6 Å². The Morgan fingerprint density at radius 2 is 2.04 bits per heavy atom. The van der Waals surface area contributed by atoms with Crippen LogP contribution in [0.25, 0.3) is 5.76 Å². The molecule has 1 fully saturated rings. The molecule has 0 bridgehead atoms. The summed E-state index contributed by atoms with van der Waals surface area (Å²) < 4.78 is 5.18. The minimum Gasteiger partial charge on any atom is -0.507 e. The van der Waals surface area contributed by atoms with Crippen molar-refractivity contribution in [3.63, 3.8) is 0 Å². The number of pyridine rings is 1. The molecule has 1 aromatic heterocycles. The average Bonchev–Trinajstić information content (AvgIpc) is 2.93. The Bertz CT molecular complexity index is 861. The van der Waals surface area contributed by atoms with Gasteiger partial charge in [-0.25, -0.2) is 0 Å². The maximum absolute atomic E-state index is 12.7. The first-order valence-corrected chi connectivity index (χ1v) is 8.42. The fraction of sp³-hybridized carbons (Fsp3) is 0.250. The van der Waals surface area contributed by atoms with Gasteiger partial charge in [-0.05, 0) is 30.7 Å². The van der Waals surface area contributed by atoms with Gasteiger partial charge < -0.3 is 14.7 Å². The summed E-state index contributed by atoms with van der Waals surface area (Å²) in [6.07, 6.45) is 2.29. The van der Waals surface area contributed by atoms with Gasteiger partial charge in [0.2, 0.25) is 0 Å². The van der Waals surface area contributed by atoms with Gasteiger partial charge in [0.05, 0.1) is 18.4 Å². The van der Waals surface area contributed by atoms with Crippen LogP contribution in [0.2, 0.25) is 0 Å². The smallest absolute Gasteiger partial charge is 0.295 e. The van der Waals surface area contributed by atoms with Crippen molar-refractivity contribution in [2.24, 2.45) is 0 Å². The van der Waals surface area contributed by atoms with E-state index in [1.54, 1.807) is 48.7 Å². The fourth-order valence-electron chi connectivity index (χ4n) is 3.12. The number of benzene rings is 1. The van der Waals surface area contributed by atoms with Crippen LogP contribution in [-0.4, -0.2) is 40.3 Å². The van der Waals surface area contributed by atoms with E-state index in [4.69, 9.17) is 4.74 Å². The summed E-state index contributed by atoms with van der Waals surface area (Å²) in [5.74, 6) is -0.996. The second-order valence-electron chi connectivity index (χ2n) is 5.98. The van der Waals surface area contributed by atoms with Crippen LogP contribution in [-0.2, 0) is 9.59 Å². The Morgan fingerprint density at radius 1 is 1.23 bits per heavy atom. The molecule has 26 heavy (non-hydrogen) atoms. The van der Waals surface area contributed by atoms with E-state index in [0.29, 0.717) is 30.0 Å². The van der Waals surface area contributed by atoms with Crippen LogP contribution in [0, 0.1) is 0 Å². The Morgan fingerprint density at radius 3 is 2.69 bits per heavy atom. The molecule has 6 heteroatoms. The number of carbonyl (C=O) groups excluding carboxylic acids is 2. The summed E-state index contributed by atoms with van der Waals surface area (Å²) in [6.45, 7) is 2.33. The molecule has 1 saturated heterocycles. The first kappa shape index (κ1) is 17.7. The molecule has 0 aliphatic carbocycles. The van der Waals surface area contributed by atoms with Crippen LogP contribution >= 0.6 is 0 Å². The van der Waals surface area contributed by atoms with E-state index in [-0.39, 0.29) is 11.3 Å². The Balaban J connectivity index is 2.18. The Kier molecular flexibility index (Phi) is 5.02. The minimum atomic E-state index is -0.706. The van der Waals surface area contributed by atoms with Gasteiger partial charge in [0.25, 0.3) is 11.7 Å². The lowest BCUT2D eigenvalue weighted by atomic mass is 9.98. The molecule has 2 heterocycles. The van der Waals surface area contributed by atoms with Crippen molar-refractivity contribution in [3.05, 3.63) is 65.5 Å². The number of aliphatic hydroxyl groups excluding tert-OH is 1. The van der Waals surface area contributed by atoms with Gasteiger partial charge in [-0.3, -0.25) is 14.6 Å². The summed E-state index contributed by atoms with van der Waals surface area (Å²) >= 11 is 0. The van der Waals surface area contributed by atoms with Gasteiger partial charge in [-0.1, -0.05) is 25.1 Å². The predicted octanol–water partition coefficient (Wildman–Crippen LogP) is 2.92. The SMILES string of the molecule is CCCN1C(=O)C(=O)/C(=C(\O)c2cccc(OC)c2)C1c1ccccn1. The van der Waals surface area contributed by atoms with Crippen molar-refractivity contribution in [2.45, 2.75) is 19.4 Å². The molecule has 3 rings (SSSR count). The highest BCUT2D eigenvalue weighted by atomic mass is 16.5. The van der Waals surface area contributed by atoms with Crippen molar-refractivity contribution in [3.8, 4) is 5.75 Å². The van der Waals surface area contributed by atoms with E-state index in [1.165, 1.54) is 12.0 Å². The highest BCUT2D eigenvalue weighted by Gasteiger charge is 2.46. The minimum absolute atomic E-state index is 0.0513. The molecule has 2 aromatic rings. The van der Waals surface area contributed by atoms with E-state index in [9.17, 15) is 14.7 Å². The Hall–Kier alpha value is -3.15. The topological polar surface area (TPSA) is 79.7 Å². The molecule has 0 saturated carbocycles. The number of aliphatic hydroxyl groups is 1. The third-order valence-electron chi connectivity index (χ3n) is 4.32. The normalized spacial score (nSPS) is 19.0. The number of ketones is 1. The van der Waals surface area contributed by atoms with E-state index in [0.717, 1.165) is 0 Å². The van der Waals surface area contributed by atoms with Gasteiger partial charge in [-0.15, -0.1) is 0 Å². The highest BCUT2D eigenvalue weighted by Crippen LogP contribution is 2.38. The molecule has 1 unspecified atom stereocenters. The van der Waals surface area contributed by atoms with Crippen LogP contribution in [0.5, 0.6) is 5.75 Å². The number of ether oxygens (including phenoxy) is 1. The molecule has 1 N–H and O–H groups in total. The molecule has 1 amide bonds. The van der Waals surface area contributed by atoms with E-state index < -0.39 is 17.7 Å². The molecule has 134 valence electrons. The van der Waals surface area contributed by atoms with Crippen LogP contribution in [0.3, 0.4) is 0 Å². The lowest BCUT2D eigenvalue weighted by molar-refractivity contribution is -0.139. The number of aromatic nitrogens is 1. The first-order valence-electron chi connectivity index (χ1n) is 8.42. The summed E-state index contributed by atoms with van der Waals surface area (Å²) in [6, 6.07) is 11.3. The van der Waals surface area contributed by atoms with Crippen molar-refractivity contribution in [2.75, 3.05) is 13.7 Å². The summed E-state index contributed by atoms with van der Waals surface area (Å²) in [5, 5.41) is 10.8. The third-order valence-corrected chi connectivity index (χ3v) is 4.32. The molecule has 0 spiro atoms. The highest BCUT2D eigenvalue weighted by molar-refractivity contribution is 6.46. The van der Waals surface area contributed by atoms with Gasteiger partial charge in [0.15, 0.2) is 0 Å². The van der Waals surface area contributed by atoms with Crippen molar-refractivity contribution < 1.29 is 19.4 Å². The molecule has 1 aliphatic heterocycles. The standard InChI is InChI=1S/C20H20N2O4/c1-3-11-22-17(15-9-4-5-10-21-15)16(19(24)20(22)25)18(23)13-7-6-8-14(12-13)26-2/h4-10,12,17,23H,3,11H2,1-2H3/b18-16-. The largest absolute Gasteiger partial charge is 0.507 e. The molecule has 0 radical (unpaired) electrons. The summed E-state index contributed by atoms with van der Waals surface area (Å²) in [4.78, 5) is 31.0. The quantitative estimate of drug-likeness (QED) is 0.508. The Labute approximate surface area is 151 Å². The summed E-state index contributed by atoms with van der Waals surface area (Å²) in [5.41, 5.74) is 1.01. The van der Waals surface area contributed by atoms with E-state index in [2.05, 4.69) is 4.98 Å². The zero-order valence-corrected chi connectivity index (χ0v) is 14.7. The molecule has 1 aromatic carbocycles. The van der Waals surface area contributed by atoms with Crippen LogP contribution < -0.4 is 4.74 Å². The second kappa shape index (κ2) is 7.39. The molecular weight excluding hydrogens is 332 g/mol. The molecule has 1 aliphatic rings. The van der Waals surface area contributed by atoms with E-state index >= 15 is 0 Å². The summed E-state index contributed by atoms with van der Waals surface area (Å²) in [7, 11) is 1.52. The number of carbonyl (C=O) groups is 2. The van der Waals surface area contributed by atoms with Crippen molar-refractivity contribution in [1.29, 1.82) is 0 Å². The maximum atomic E-state index is 12.7. The molecular formula is C20H20N2O4. The number of amides is 1. The first-order chi connectivity index (χ1) is 12.6. The lowest BCUT2D eigenvalue weighted by Crippen LogP contribution is -2.30. The molecule has 1 atom stereocenters. The number of nitrogens with zero attached hydrogens (tertiary/aromatic N) is 2. The monoisotopic (exact) mass is 352 g/mol. The van der Waals surface area contributed by atoms with Gasteiger partial charge in [0, 0.05) is 18.3 Å². The maximum Gasteiger partial charge on any atom is 0.295 e. The predicted molar refractivity (Wildman–Crippen MR) is 96.5 cm³/mol. The number of methoxy groups -OCH3 is 1. The van der Waals surface area contributed by atoms with Crippen molar-refractivity contribution in [1.82, 2.24) is 9.88 Å². The average molecular weight is 352 g/mol. The van der Waals surface area contributed by atoms with Gasteiger partial charge in [0.1, 0.15) is 17.6 Å². The fourth-order valence-corrected chi connectivity index (χ4v) is 3.12. The number of hydrogen-bond donors (Lipinski definition) is 1. The second-order valence-corrected chi connectivity index (χ2v) is 5.98. The lowest BCUT2D eigenvalue weighted by Gasteiger charge is -2.23. The van der Waals surface area contributed by atoms with Crippen molar-refractivity contribution >= 4 is 17.4 Å².